The van der Waals surface area contributed by atoms with E-state index in [1.165, 1.54) is 24.1 Å². The summed E-state index contributed by atoms with van der Waals surface area (Å²) < 4.78 is 7.54. The molecule has 3 aromatic rings. The van der Waals surface area contributed by atoms with Gasteiger partial charge in [0.2, 0.25) is 0 Å². The van der Waals surface area contributed by atoms with Gasteiger partial charge in [0.15, 0.2) is 5.76 Å². The topological polar surface area (TPSA) is 47.1 Å². The lowest BCUT2D eigenvalue weighted by Crippen LogP contribution is -2.17. The summed E-state index contributed by atoms with van der Waals surface area (Å²) in [7, 11) is 4.15. The Kier molecular flexibility index (Phi) is 3.94. The molecular formula is C19H22N4O. The van der Waals surface area contributed by atoms with Crippen LogP contribution in [0.2, 0.25) is 0 Å². The molecule has 4 rings (SSSR count). The molecule has 5 nitrogen and oxygen atoms in total. The van der Waals surface area contributed by atoms with Crippen LogP contribution in [0.3, 0.4) is 0 Å². The minimum atomic E-state index is 0.705. The Balaban J connectivity index is 1.43. The Hall–Kier alpha value is -2.40. The van der Waals surface area contributed by atoms with Crippen LogP contribution in [0.15, 0.2) is 47.1 Å². The normalized spacial score (nSPS) is 14.5. The SMILES string of the molecule is CN(Cc1cc(-c2ccccc2)no1)Cc1cnn(C)c1C1CC1. The van der Waals surface area contributed by atoms with E-state index in [2.05, 4.69) is 22.2 Å². The fraction of sp³-hybridized carbons (Fsp3) is 0.368. The van der Waals surface area contributed by atoms with Crippen molar-refractivity contribution in [1.29, 1.82) is 0 Å². The Morgan fingerprint density at radius 2 is 2.00 bits per heavy atom. The number of hydrogen-bond donors (Lipinski definition) is 0. The average molecular weight is 322 g/mol. The van der Waals surface area contributed by atoms with E-state index >= 15 is 0 Å². The zero-order chi connectivity index (χ0) is 16.5. The van der Waals surface area contributed by atoms with Gasteiger partial charge in [-0.15, -0.1) is 0 Å². The molecule has 0 bridgehead atoms. The quantitative estimate of drug-likeness (QED) is 0.696. The molecule has 24 heavy (non-hydrogen) atoms. The molecule has 0 unspecified atom stereocenters. The Morgan fingerprint density at radius 3 is 2.75 bits per heavy atom. The maximum Gasteiger partial charge on any atom is 0.151 e. The van der Waals surface area contributed by atoms with Crippen LogP contribution in [0.5, 0.6) is 0 Å². The Bertz CT molecular complexity index is 817. The van der Waals surface area contributed by atoms with Crippen molar-refractivity contribution in [3.8, 4) is 11.3 Å². The predicted octanol–water partition coefficient (Wildman–Crippen LogP) is 3.58. The molecule has 0 radical (unpaired) electrons. The van der Waals surface area contributed by atoms with Crippen molar-refractivity contribution >= 4 is 0 Å². The molecular weight excluding hydrogens is 300 g/mol. The lowest BCUT2D eigenvalue weighted by atomic mass is 10.1. The van der Waals surface area contributed by atoms with E-state index in [1.807, 2.05) is 54.3 Å². The summed E-state index contributed by atoms with van der Waals surface area (Å²) in [5, 5.41) is 8.62. The van der Waals surface area contributed by atoms with Crippen LogP contribution in [0.4, 0.5) is 0 Å². The highest BCUT2D eigenvalue weighted by Gasteiger charge is 2.29. The fourth-order valence-electron chi connectivity index (χ4n) is 3.24. The van der Waals surface area contributed by atoms with Crippen molar-refractivity contribution in [1.82, 2.24) is 19.8 Å². The van der Waals surface area contributed by atoms with Crippen molar-refractivity contribution in [2.45, 2.75) is 31.8 Å². The maximum atomic E-state index is 5.51. The first-order valence-electron chi connectivity index (χ1n) is 8.41. The van der Waals surface area contributed by atoms with Crippen LogP contribution in [-0.2, 0) is 20.1 Å². The number of nitrogens with zero attached hydrogens (tertiary/aromatic N) is 4. The van der Waals surface area contributed by atoms with Crippen LogP contribution < -0.4 is 0 Å². The molecule has 0 atom stereocenters. The smallest absolute Gasteiger partial charge is 0.151 e. The monoisotopic (exact) mass is 322 g/mol. The zero-order valence-electron chi connectivity index (χ0n) is 14.1. The molecule has 0 spiro atoms. The molecule has 0 aliphatic heterocycles. The third kappa shape index (κ3) is 3.12. The van der Waals surface area contributed by atoms with Gasteiger partial charge in [0, 0.05) is 42.4 Å². The lowest BCUT2D eigenvalue weighted by molar-refractivity contribution is 0.266. The van der Waals surface area contributed by atoms with E-state index in [0.29, 0.717) is 5.92 Å². The molecule has 0 amide bonds. The molecule has 1 aliphatic carbocycles. The van der Waals surface area contributed by atoms with E-state index < -0.39 is 0 Å². The second kappa shape index (κ2) is 6.24. The van der Waals surface area contributed by atoms with Crippen molar-refractivity contribution in [3.63, 3.8) is 0 Å². The summed E-state index contributed by atoms with van der Waals surface area (Å²) in [4.78, 5) is 2.25. The van der Waals surface area contributed by atoms with E-state index in [0.717, 1.165) is 30.1 Å². The summed E-state index contributed by atoms with van der Waals surface area (Å²) in [5.41, 5.74) is 4.69. The summed E-state index contributed by atoms with van der Waals surface area (Å²) in [5.74, 6) is 1.59. The van der Waals surface area contributed by atoms with Gasteiger partial charge in [-0.25, -0.2) is 0 Å². The Morgan fingerprint density at radius 1 is 1.21 bits per heavy atom. The van der Waals surface area contributed by atoms with Gasteiger partial charge in [0.05, 0.1) is 12.7 Å². The number of hydrogen-bond acceptors (Lipinski definition) is 4. The summed E-state index contributed by atoms with van der Waals surface area (Å²) in [6.07, 6.45) is 4.58. The highest BCUT2D eigenvalue weighted by molar-refractivity contribution is 5.58. The molecule has 0 N–H and O–H groups in total. The van der Waals surface area contributed by atoms with Crippen molar-refractivity contribution in [2.24, 2.45) is 7.05 Å². The highest BCUT2D eigenvalue weighted by atomic mass is 16.5. The van der Waals surface area contributed by atoms with E-state index in [4.69, 9.17) is 4.52 Å². The molecule has 2 heterocycles. The molecule has 2 aromatic heterocycles. The predicted molar refractivity (Wildman–Crippen MR) is 92.3 cm³/mol. The first-order chi connectivity index (χ1) is 11.7. The molecule has 124 valence electrons. The van der Waals surface area contributed by atoms with Crippen LogP contribution in [0.1, 0.15) is 35.8 Å². The first-order valence-corrected chi connectivity index (χ1v) is 8.41. The van der Waals surface area contributed by atoms with E-state index in [-0.39, 0.29) is 0 Å². The molecule has 1 aliphatic rings. The van der Waals surface area contributed by atoms with Gasteiger partial charge in [0.1, 0.15) is 5.69 Å². The number of benzene rings is 1. The second-order valence-electron chi connectivity index (χ2n) is 6.67. The van der Waals surface area contributed by atoms with Gasteiger partial charge in [0.25, 0.3) is 0 Å². The van der Waals surface area contributed by atoms with Crippen LogP contribution in [0, 0.1) is 0 Å². The van der Waals surface area contributed by atoms with Gasteiger partial charge < -0.3 is 4.52 Å². The Labute approximate surface area is 141 Å². The van der Waals surface area contributed by atoms with Gasteiger partial charge >= 0.3 is 0 Å². The summed E-state index contributed by atoms with van der Waals surface area (Å²) >= 11 is 0. The number of aromatic nitrogens is 3. The van der Waals surface area contributed by atoms with E-state index in [9.17, 15) is 0 Å². The molecule has 1 fully saturated rings. The molecule has 1 saturated carbocycles. The van der Waals surface area contributed by atoms with Crippen LogP contribution >= 0.6 is 0 Å². The zero-order valence-corrected chi connectivity index (χ0v) is 14.1. The molecule has 1 aromatic carbocycles. The molecule has 0 saturated heterocycles. The lowest BCUT2D eigenvalue weighted by Gasteiger charge is -2.15. The first kappa shape index (κ1) is 15.1. The van der Waals surface area contributed by atoms with Crippen molar-refractivity contribution in [2.75, 3.05) is 7.05 Å². The van der Waals surface area contributed by atoms with Crippen LogP contribution in [0.25, 0.3) is 11.3 Å². The van der Waals surface area contributed by atoms with Gasteiger partial charge in [-0.05, 0) is 19.9 Å². The standard InChI is InChI=1S/C19H22N4O/c1-22(12-16-11-20-23(2)19(16)15-8-9-15)13-17-10-18(21-24-17)14-6-4-3-5-7-14/h3-7,10-11,15H,8-9,12-13H2,1-2H3. The highest BCUT2D eigenvalue weighted by Crippen LogP contribution is 2.41. The largest absolute Gasteiger partial charge is 0.359 e. The third-order valence-electron chi connectivity index (χ3n) is 4.52. The molecule has 5 heteroatoms. The van der Waals surface area contributed by atoms with Gasteiger partial charge in [-0.2, -0.15) is 5.10 Å². The maximum absolute atomic E-state index is 5.51. The number of rotatable bonds is 6. The van der Waals surface area contributed by atoms with Crippen LogP contribution in [-0.4, -0.2) is 26.9 Å². The third-order valence-corrected chi connectivity index (χ3v) is 4.52. The second-order valence-corrected chi connectivity index (χ2v) is 6.67. The van der Waals surface area contributed by atoms with Crippen molar-refractivity contribution in [3.05, 3.63) is 59.6 Å². The minimum absolute atomic E-state index is 0.705. The van der Waals surface area contributed by atoms with E-state index in [1.54, 1.807) is 0 Å². The summed E-state index contributed by atoms with van der Waals surface area (Å²) in [6, 6.07) is 12.1. The minimum Gasteiger partial charge on any atom is -0.359 e. The number of aryl methyl sites for hydroxylation is 1. The summed E-state index contributed by atoms with van der Waals surface area (Å²) in [6.45, 7) is 1.61. The van der Waals surface area contributed by atoms with Crippen molar-refractivity contribution < 1.29 is 4.52 Å². The van der Waals surface area contributed by atoms with Gasteiger partial charge in [-0.1, -0.05) is 35.5 Å². The van der Waals surface area contributed by atoms with Gasteiger partial charge in [-0.3, -0.25) is 9.58 Å². The average Bonchev–Trinajstić information content (AvgIpc) is 3.20. The fourth-order valence-corrected chi connectivity index (χ4v) is 3.24.